The van der Waals surface area contributed by atoms with E-state index in [9.17, 15) is 27.6 Å². The molecule has 0 saturated carbocycles. The van der Waals surface area contributed by atoms with Crippen molar-refractivity contribution in [2.24, 2.45) is 17.8 Å². The van der Waals surface area contributed by atoms with Gasteiger partial charge in [0, 0.05) is 37.7 Å². The Balaban J connectivity index is 1.59. The zero-order chi connectivity index (χ0) is 20.5. The number of carboxylic acid groups (broad SMARTS) is 1. The maximum Gasteiger partial charge on any atom is 0.394 e. The Kier molecular flexibility index (Phi) is 5.62. The molecule has 2 heterocycles. The lowest BCUT2D eigenvalue weighted by Crippen LogP contribution is -2.44. The summed E-state index contributed by atoms with van der Waals surface area (Å²) in [5, 5.41) is 9.08. The average molecular weight is 398 g/mol. The molecule has 0 aliphatic carbocycles. The molecule has 0 bridgehead atoms. The molecule has 1 aromatic carbocycles. The molecule has 2 atom stereocenters. The van der Waals surface area contributed by atoms with Crippen LogP contribution in [0.4, 0.5) is 13.2 Å². The number of piperidine rings is 1. The molecule has 2 saturated heterocycles. The fourth-order valence-corrected chi connectivity index (χ4v) is 3.92. The van der Waals surface area contributed by atoms with E-state index in [4.69, 9.17) is 5.11 Å². The number of halogens is 3. The van der Waals surface area contributed by atoms with Crippen LogP contribution in [0.2, 0.25) is 0 Å². The highest BCUT2D eigenvalue weighted by Crippen LogP contribution is 2.38. The fraction of sp³-hybridized carbons (Fsp3) is 0.526. The van der Waals surface area contributed by atoms with Gasteiger partial charge in [-0.25, -0.2) is 0 Å². The van der Waals surface area contributed by atoms with Crippen LogP contribution in [0.5, 0.6) is 0 Å². The smallest absolute Gasteiger partial charge is 0.394 e. The number of hydrogen-bond acceptors (Lipinski definition) is 3. The Morgan fingerprint density at radius 1 is 0.964 bits per heavy atom. The van der Waals surface area contributed by atoms with E-state index >= 15 is 0 Å². The highest BCUT2D eigenvalue weighted by molar-refractivity contribution is 5.94. The maximum absolute atomic E-state index is 13.1. The Bertz CT molecular complexity index is 745. The molecule has 6 nitrogen and oxygen atoms in total. The second-order valence-electron chi connectivity index (χ2n) is 7.27. The normalized spacial score (nSPS) is 23.7. The molecule has 9 heteroatoms. The van der Waals surface area contributed by atoms with E-state index in [0.29, 0.717) is 31.5 Å². The highest BCUT2D eigenvalue weighted by Gasteiger charge is 2.54. The number of hydrogen-bond donors (Lipinski definition) is 1. The number of carboxylic acids is 1. The molecule has 0 spiro atoms. The predicted octanol–water partition coefficient (Wildman–Crippen LogP) is 2.26. The molecule has 2 aliphatic heterocycles. The van der Waals surface area contributed by atoms with E-state index in [1.54, 1.807) is 35.2 Å². The first-order valence-corrected chi connectivity index (χ1v) is 9.11. The second-order valence-corrected chi connectivity index (χ2v) is 7.27. The molecule has 2 amide bonds. The van der Waals surface area contributed by atoms with Crippen LogP contribution in [0.3, 0.4) is 0 Å². The van der Waals surface area contributed by atoms with Gasteiger partial charge in [0.2, 0.25) is 5.91 Å². The van der Waals surface area contributed by atoms with Crippen molar-refractivity contribution in [1.82, 2.24) is 9.80 Å². The van der Waals surface area contributed by atoms with Crippen molar-refractivity contribution in [1.29, 1.82) is 0 Å². The molecule has 1 N–H and O–H groups in total. The van der Waals surface area contributed by atoms with Gasteiger partial charge in [0.15, 0.2) is 0 Å². The third-order valence-corrected chi connectivity index (χ3v) is 5.52. The summed E-state index contributed by atoms with van der Waals surface area (Å²) in [4.78, 5) is 38.9. The quantitative estimate of drug-likeness (QED) is 0.847. The van der Waals surface area contributed by atoms with E-state index < -0.39 is 48.9 Å². The number of carbonyl (C=O) groups excluding carboxylic acids is 2. The first kappa shape index (κ1) is 20.2. The Morgan fingerprint density at radius 3 is 2.07 bits per heavy atom. The van der Waals surface area contributed by atoms with Gasteiger partial charge in [-0.15, -0.1) is 0 Å². The van der Waals surface area contributed by atoms with Crippen LogP contribution in [0.15, 0.2) is 30.3 Å². The maximum atomic E-state index is 13.1. The third-order valence-electron chi connectivity index (χ3n) is 5.52. The van der Waals surface area contributed by atoms with Gasteiger partial charge in [0.1, 0.15) is 0 Å². The second kappa shape index (κ2) is 7.81. The summed E-state index contributed by atoms with van der Waals surface area (Å²) in [7, 11) is 0. The standard InChI is InChI=1S/C19H21F3N2O4/c20-19(21,22)15-11-24(10-14(15)18(27)28)17(26)13-6-8-23(9-7-13)16(25)12-4-2-1-3-5-12/h1-5,13-15H,6-11H2,(H,27,28)/t14-,15-/m1/s1. The Morgan fingerprint density at radius 2 is 1.57 bits per heavy atom. The molecule has 152 valence electrons. The van der Waals surface area contributed by atoms with Crippen LogP contribution < -0.4 is 0 Å². The van der Waals surface area contributed by atoms with Crippen molar-refractivity contribution < 1.29 is 32.7 Å². The number of benzene rings is 1. The number of amides is 2. The van der Waals surface area contributed by atoms with E-state index in [1.807, 2.05) is 0 Å². The Labute approximate surface area is 159 Å². The number of carbonyl (C=O) groups is 3. The molecule has 0 unspecified atom stereocenters. The summed E-state index contributed by atoms with van der Waals surface area (Å²) in [6.45, 7) is -0.379. The molecule has 2 fully saturated rings. The number of nitrogens with zero attached hydrogens (tertiary/aromatic N) is 2. The van der Waals surface area contributed by atoms with Crippen LogP contribution in [0.1, 0.15) is 23.2 Å². The van der Waals surface area contributed by atoms with Crippen molar-refractivity contribution in [2.75, 3.05) is 26.2 Å². The number of likely N-dealkylation sites (tertiary alicyclic amines) is 2. The molecule has 0 radical (unpaired) electrons. The molecule has 1 aromatic rings. The van der Waals surface area contributed by atoms with Crippen LogP contribution in [-0.4, -0.2) is 65.0 Å². The molecule has 0 aromatic heterocycles. The van der Waals surface area contributed by atoms with Gasteiger partial charge in [-0.05, 0) is 25.0 Å². The van der Waals surface area contributed by atoms with Crippen molar-refractivity contribution >= 4 is 17.8 Å². The lowest BCUT2D eigenvalue weighted by molar-refractivity contribution is -0.188. The van der Waals surface area contributed by atoms with Gasteiger partial charge in [-0.2, -0.15) is 13.2 Å². The van der Waals surface area contributed by atoms with Crippen LogP contribution in [0.25, 0.3) is 0 Å². The van der Waals surface area contributed by atoms with Gasteiger partial charge < -0.3 is 14.9 Å². The lowest BCUT2D eigenvalue weighted by atomic mass is 9.95. The van der Waals surface area contributed by atoms with Gasteiger partial charge in [-0.1, -0.05) is 18.2 Å². The number of rotatable bonds is 3. The average Bonchev–Trinajstić information content (AvgIpc) is 3.14. The largest absolute Gasteiger partial charge is 0.481 e. The van der Waals surface area contributed by atoms with Gasteiger partial charge in [0.05, 0.1) is 11.8 Å². The van der Waals surface area contributed by atoms with Gasteiger partial charge in [-0.3, -0.25) is 14.4 Å². The lowest BCUT2D eigenvalue weighted by Gasteiger charge is -2.33. The first-order chi connectivity index (χ1) is 13.2. The molecule has 28 heavy (non-hydrogen) atoms. The van der Waals surface area contributed by atoms with E-state index in [0.717, 1.165) is 4.90 Å². The fourth-order valence-electron chi connectivity index (χ4n) is 3.92. The monoisotopic (exact) mass is 398 g/mol. The summed E-state index contributed by atoms with van der Waals surface area (Å²) in [5.41, 5.74) is 0.545. The topological polar surface area (TPSA) is 77.9 Å². The summed E-state index contributed by atoms with van der Waals surface area (Å²) < 4.78 is 39.3. The van der Waals surface area contributed by atoms with E-state index in [1.165, 1.54) is 0 Å². The highest BCUT2D eigenvalue weighted by atomic mass is 19.4. The molecule has 2 aliphatic rings. The molecular formula is C19H21F3N2O4. The molecular weight excluding hydrogens is 377 g/mol. The minimum Gasteiger partial charge on any atom is -0.481 e. The summed E-state index contributed by atoms with van der Waals surface area (Å²) >= 11 is 0. The summed E-state index contributed by atoms with van der Waals surface area (Å²) in [6, 6.07) is 8.72. The molecule has 3 rings (SSSR count). The number of alkyl halides is 3. The predicted molar refractivity (Wildman–Crippen MR) is 92.3 cm³/mol. The van der Waals surface area contributed by atoms with Crippen molar-refractivity contribution in [3.05, 3.63) is 35.9 Å². The number of aliphatic carboxylic acids is 1. The first-order valence-electron chi connectivity index (χ1n) is 9.11. The van der Waals surface area contributed by atoms with Crippen molar-refractivity contribution in [3.63, 3.8) is 0 Å². The Hall–Kier alpha value is -2.58. The summed E-state index contributed by atoms with van der Waals surface area (Å²) in [6.07, 6.45) is -3.96. The van der Waals surface area contributed by atoms with Crippen LogP contribution in [-0.2, 0) is 9.59 Å². The summed E-state index contributed by atoms with van der Waals surface area (Å²) in [5.74, 6) is -6.32. The van der Waals surface area contributed by atoms with Crippen molar-refractivity contribution in [2.45, 2.75) is 19.0 Å². The zero-order valence-corrected chi connectivity index (χ0v) is 15.1. The van der Waals surface area contributed by atoms with E-state index in [-0.39, 0.29) is 5.91 Å². The minimum atomic E-state index is -4.66. The third kappa shape index (κ3) is 4.13. The van der Waals surface area contributed by atoms with Gasteiger partial charge in [0.25, 0.3) is 5.91 Å². The van der Waals surface area contributed by atoms with Gasteiger partial charge >= 0.3 is 12.1 Å². The minimum absolute atomic E-state index is 0.143. The SMILES string of the molecule is O=C(O)[C@@H]1CN(C(=O)C2CCN(C(=O)c3ccccc3)CC2)C[C@H]1C(F)(F)F. The zero-order valence-electron chi connectivity index (χ0n) is 15.1. The van der Waals surface area contributed by atoms with Crippen LogP contribution in [0, 0.1) is 17.8 Å². The van der Waals surface area contributed by atoms with E-state index in [2.05, 4.69) is 0 Å². The van der Waals surface area contributed by atoms with Crippen molar-refractivity contribution in [3.8, 4) is 0 Å². The van der Waals surface area contributed by atoms with Crippen LogP contribution >= 0.6 is 0 Å².